The number of nitrogens with zero attached hydrogens (tertiary/aromatic N) is 2. The minimum Gasteiger partial charge on any atom is -0.452 e. The number of amides is 2. The third-order valence-corrected chi connectivity index (χ3v) is 4.98. The number of rotatable bonds is 4. The summed E-state index contributed by atoms with van der Waals surface area (Å²) in [6, 6.07) is 7.01. The molecule has 134 valence electrons. The second kappa shape index (κ2) is 7.44. The summed E-state index contributed by atoms with van der Waals surface area (Å²) in [5, 5.41) is 0.461. The SMILES string of the molecule is CC(OC(=O)C1CC(=O)N(c2ccccc2Cl)C1)C(=O)N1CCCC1. The Morgan fingerprint density at radius 1 is 1.24 bits per heavy atom. The number of ether oxygens (including phenoxy) is 1. The normalized spacial score (nSPS) is 21.5. The van der Waals surface area contributed by atoms with Gasteiger partial charge in [-0.1, -0.05) is 23.7 Å². The third-order valence-electron chi connectivity index (χ3n) is 4.66. The van der Waals surface area contributed by atoms with Crippen molar-refractivity contribution in [3.8, 4) is 0 Å². The molecule has 1 aromatic carbocycles. The molecule has 0 spiro atoms. The highest BCUT2D eigenvalue weighted by Crippen LogP contribution is 2.31. The molecule has 0 radical (unpaired) electrons. The van der Waals surface area contributed by atoms with E-state index in [4.69, 9.17) is 16.3 Å². The van der Waals surface area contributed by atoms with Crippen molar-refractivity contribution in [1.29, 1.82) is 0 Å². The molecule has 0 aromatic heterocycles. The van der Waals surface area contributed by atoms with Crippen LogP contribution in [0.2, 0.25) is 5.02 Å². The Balaban J connectivity index is 1.61. The summed E-state index contributed by atoms with van der Waals surface area (Å²) in [5.41, 5.74) is 0.589. The molecule has 1 aromatic rings. The van der Waals surface area contributed by atoms with Gasteiger partial charge in [0, 0.05) is 26.1 Å². The Morgan fingerprint density at radius 2 is 1.92 bits per heavy atom. The maximum absolute atomic E-state index is 12.4. The molecule has 2 aliphatic heterocycles. The first-order valence-corrected chi connectivity index (χ1v) is 8.89. The van der Waals surface area contributed by atoms with Crippen LogP contribution in [0.1, 0.15) is 26.2 Å². The number of likely N-dealkylation sites (tertiary alicyclic amines) is 1. The Morgan fingerprint density at radius 3 is 2.60 bits per heavy atom. The minimum atomic E-state index is -0.824. The van der Waals surface area contributed by atoms with E-state index in [1.807, 2.05) is 0 Å². The molecule has 2 aliphatic rings. The molecule has 0 N–H and O–H groups in total. The van der Waals surface area contributed by atoms with Crippen LogP contribution in [0, 0.1) is 5.92 Å². The van der Waals surface area contributed by atoms with Gasteiger partial charge in [0.1, 0.15) is 0 Å². The molecule has 2 amide bonds. The van der Waals surface area contributed by atoms with E-state index in [0.29, 0.717) is 23.8 Å². The van der Waals surface area contributed by atoms with Crippen LogP contribution in [-0.2, 0) is 19.1 Å². The summed E-state index contributed by atoms with van der Waals surface area (Å²) in [7, 11) is 0. The van der Waals surface area contributed by atoms with Gasteiger partial charge in [0.2, 0.25) is 5.91 Å². The van der Waals surface area contributed by atoms with Gasteiger partial charge >= 0.3 is 5.97 Å². The zero-order valence-corrected chi connectivity index (χ0v) is 14.9. The molecular weight excluding hydrogens is 344 g/mol. The Bertz CT molecular complexity index is 687. The van der Waals surface area contributed by atoms with Gasteiger partial charge in [-0.2, -0.15) is 0 Å². The quantitative estimate of drug-likeness (QED) is 0.768. The van der Waals surface area contributed by atoms with Gasteiger partial charge < -0.3 is 14.5 Å². The average molecular weight is 365 g/mol. The minimum absolute atomic E-state index is 0.0642. The lowest BCUT2D eigenvalue weighted by Crippen LogP contribution is -2.39. The van der Waals surface area contributed by atoms with Gasteiger partial charge in [-0.25, -0.2) is 0 Å². The summed E-state index contributed by atoms with van der Waals surface area (Å²) >= 11 is 6.14. The van der Waals surface area contributed by atoms with Gasteiger partial charge in [-0.05, 0) is 31.9 Å². The maximum atomic E-state index is 12.4. The molecule has 7 heteroatoms. The van der Waals surface area contributed by atoms with Gasteiger partial charge in [-0.3, -0.25) is 14.4 Å². The van der Waals surface area contributed by atoms with E-state index < -0.39 is 18.0 Å². The average Bonchev–Trinajstić information content (AvgIpc) is 3.24. The molecule has 0 saturated carbocycles. The van der Waals surface area contributed by atoms with Crippen molar-refractivity contribution in [2.45, 2.75) is 32.3 Å². The maximum Gasteiger partial charge on any atom is 0.312 e. The van der Waals surface area contributed by atoms with E-state index >= 15 is 0 Å². The first-order chi connectivity index (χ1) is 12.0. The number of hydrogen-bond acceptors (Lipinski definition) is 4. The highest BCUT2D eigenvalue weighted by atomic mass is 35.5. The zero-order chi connectivity index (χ0) is 18.0. The lowest BCUT2D eigenvalue weighted by Gasteiger charge is -2.22. The smallest absolute Gasteiger partial charge is 0.312 e. The standard InChI is InChI=1S/C18H21ClN2O4/c1-12(17(23)20-8-4-5-9-20)25-18(24)13-10-16(22)21(11-13)15-7-3-2-6-14(15)19/h2-3,6-7,12-13H,4-5,8-11H2,1H3. The summed E-state index contributed by atoms with van der Waals surface area (Å²) in [5.74, 6) is -1.44. The van der Waals surface area contributed by atoms with Crippen LogP contribution >= 0.6 is 11.6 Å². The van der Waals surface area contributed by atoms with E-state index in [-0.39, 0.29) is 24.8 Å². The largest absolute Gasteiger partial charge is 0.452 e. The molecule has 0 bridgehead atoms. The van der Waals surface area contributed by atoms with E-state index in [0.717, 1.165) is 12.8 Å². The number of carbonyl (C=O) groups is 3. The fourth-order valence-corrected chi connectivity index (χ4v) is 3.52. The fourth-order valence-electron chi connectivity index (χ4n) is 3.28. The number of para-hydroxylation sites is 1. The number of halogens is 1. The number of anilines is 1. The molecule has 3 rings (SSSR count). The first kappa shape index (κ1) is 17.7. The second-order valence-electron chi connectivity index (χ2n) is 6.47. The summed E-state index contributed by atoms with van der Waals surface area (Å²) in [6.45, 7) is 3.22. The van der Waals surface area contributed by atoms with Crippen LogP contribution in [0.4, 0.5) is 5.69 Å². The summed E-state index contributed by atoms with van der Waals surface area (Å²) < 4.78 is 5.33. The molecule has 2 saturated heterocycles. The molecule has 2 heterocycles. The summed E-state index contributed by atoms with van der Waals surface area (Å²) in [6.07, 6.45) is 1.21. The van der Waals surface area contributed by atoms with Crippen molar-refractivity contribution in [2.75, 3.05) is 24.5 Å². The van der Waals surface area contributed by atoms with Crippen LogP contribution < -0.4 is 4.90 Å². The van der Waals surface area contributed by atoms with Crippen molar-refractivity contribution in [3.05, 3.63) is 29.3 Å². The lowest BCUT2D eigenvalue weighted by molar-refractivity contribution is -0.161. The monoisotopic (exact) mass is 364 g/mol. The number of benzene rings is 1. The van der Waals surface area contributed by atoms with Crippen molar-refractivity contribution in [1.82, 2.24) is 4.90 Å². The molecule has 2 unspecified atom stereocenters. The van der Waals surface area contributed by atoms with E-state index in [1.54, 1.807) is 36.1 Å². The van der Waals surface area contributed by atoms with Crippen molar-refractivity contribution in [2.24, 2.45) is 5.92 Å². The van der Waals surface area contributed by atoms with E-state index in [1.165, 1.54) is 4.90 Å². The van der Waals surface area contributed by atoms with Crippen LogP contribution in [0.25, 0.3) is 0 Å². The predicted octanol–water partition coefficient (Wildman–Crippen LogP) is 2.25. The highest BCUT2D eigenvalue weighted by Gasteiger charge is 2.38. The third kappa shape index (κ3) is 3.79. The number of esters is 1. The Labute approximate surface area is 151 Å². The van der Waals surface area contributed by atoms with Crippen LogP contribution in [0.5, 0.6) is 0 Å². The molecule has 25 heavy (non-hydrogen) atoms. The van der Waals surface area contributed by atoms with E-state index in [9.17, 15) is 14.4 Å². The predicted molar refractivity (Wildman–Crippen MR) is 93.3 cm³/mol. The lowest BCUT2D eigenvalue weighted by atomic mass is 10.1. The van der Waals surface area contributed by atoms with Gasteiger partial charge in [-0.15, -0.1) is 0 Å². The molecule has 2 atom stereocenters. The first-order valence-electron chi connectivity index (χ1n) is 8.51. The van der Waals surface area contributed by atoms with E-state index in [2.05, 4.69) is 0 Å². The summed E-state index contributed by atoms with van der Waals surface area (Å²) in [4.78, 5) is 40.1. The van der Waals surface area contributed by atoms with Crippen molar-refractivity contribution in [3.63, 3.8) is 0 Å². The second-order valence-corrected chi connectivity index (χ2v) is 6.88. The Kier molecular flexibility index (Phi) is 5.27. The van der Waals surface area contributed by atoms with Gasteiger partial charge in [0.25, 0.3) is 5.91 Å². The topological polar surface area (TPSA) is 66.9 Å². The number of hydrogen-bond donors (Lipinski definition) is 0. The molecular formula is C18H21ClN2O4. The van der Waals surface area contributed by atoms with Crippen molar-refractivity contribution >= 4 is 35.1 Å². The van der Waals surface area contributed by atoms with Crippen LogP contribution in [0.3, 0.4) is 0 Å². The molecule has 6 nitrogen and oxygen atoms in total. The van der Waals surface area contributed by atoms with Crippen LogP contribution in [-0.4, -0.2) is 48.4 Å². The molecule has 0 aliphatic carbocycles. The van der Waals surface area contributed by atoms with Crippen molar-refractivity contribution < 1.29 is 19.1 Å². The zero-order valence-electron chi connectivity index (χ0n) is 14.1. The number of carbonyl (C=O) groups excluding carboxylic acids is 3. The molecule has 2 fully saturated rings. The Hall–Kier alpha value is -2.08. The highest BCUT2D eigenvalue weighted by molar-refractivity contribution is 6.33. The van der Waals surface area contributed by atoms with Crippen LogP contribution in [0.15, 0.2) is 24.3 Å². The van der Waals surface area contributed by atoms with Gasteiger partial charge in [0.05, 0.1) is 16.6 Å². The fraction of sp³-hybridized carbons (Fsp3) is 0.500. The van der Waals surface area contributed by atoms with Gasteiger partial charge in [0.15, 0.2) is 6.10 Å².